The second-order valence-corrected chi connectivity index (χ2v) is 8.45. The molecule has 170 valence electrons. The quantitative estimate of drug-likeness (QED) is 0.603. The van der Waals surface area contributed by atoms with Crippen LogP contribution in [0.15, 0.2) is 40.8 Å². The molecule has 10 heteroatoms. The lowest BCUT2D eigenvalue weighted by Gasteiger charge is -2.33. The number of nitrogens with zero attached hydrogens (tertiary/aromatic N) is 5. The number of halogens is 1. The van der Waals surface area contributed by atoms with Gasteiger partial charge in [0.1, 0.15) is 24.2 Å². The number of benzene rings is 1. The highest BCUT2D eigenvalue weighted by atomic mass is 19.1. The van der Waals surface area contributed by atoms with Crippen LogP contribution >= 0.6 is 0 Å². The summed E-state index contributed by atoms with van der Waals surface area (Å²) < 4.78 is 21.6. The summed E-state index contributed by atoms with van der Waals surface area (Å²) in [6.45, 7) is 8.75. The topological polar surface area (TPSA) is 106 Å². The van der Waals surface area contributed by atoms with E-state index in [4.69, 9.17) is 4.42 Å². The molecule has 0 aliphatic carbocycles. The molecule has 2 heterocycles. The molecule has 0 saturated heterocycles. The number of furan rings is 1. The first kappa shape index (κ1) is 23.1. The van der Waals surface area contributed by atoms with Crippen LogP contribution in [0, 0.1) is 12.7 Å². The Morgan fingerprint density at radius 1 is 1.22 bits per heavy atom. The van der Waals surface area contributed by atoms with Gasteiger partial charge in [-0.3, -0.25) is 14.5 Å². The third-order valence-corrected chi connectivity index (χ3v) is 4.66. The number of tetrazole rings is 1. The van der Waals surface area contributed by atoms with Crippen LogP contribution < -0.4 is 10.2 Å². The Kier molecular flexibility index (Phi) is 6.71. The van der Waals surface area contributed by atoms with Gasteiger partial charge in [0.15, 0.2) is 5.76 Å². The largest absolute Gasteiger partial charge is 0.458 e. The minimum absolute atomic E-state index is 0.0110. The first-order chi connectivity index (χ1) is 15.1. The van der Waals surface area contributed by atoms with Gasteiger partial charge in [-0.1, -0.05) is 19.1 Å². The number of amides is 2. The van der Waals surface area contributed by atoms with Crippen molar-refractivity contribution in [2.45, 2.75) is 59.2 Å². The number of hydrogen-bond donors (Lipinski definition) is 1. The average molecular weight is 442 g/mol. The smallest absolute Gasteiger partial charge is 0.249 e. The molecule has 1 atom stereocenters. The van der Waals surface area contributed by atoms with E-state index in [9.17, 15) is 14.0 Å². The zero-order valence-corrected chi connectivity index (χ0v) is 18.8. The Balaban J connectivity index is 1.97. The number of para-hydroxylation sites is 1. The Morgan fingerprint density at radius 3 is 2.53 bits per heavy atom. The summed E-state index contributed by atoms with van der Waals surface area (Å²) in [6, 6.07) is 8.38. The van der Waals surface area contributed by atoms with Gasteiger partial charge < -0.3 is 9.73 Å². The van der Waals surface area contributed by atoms with Gasteiger partial charge in [-0.05, 0) is 68.8 Å². The lowest BCUT2D eigenvalue weighted by atomic mass is 10.1. The van der Waals surface area contributed by atoms with Crippen LogP contribution in [-0.2, 0) is 16.1 Å². The summed E-state index contributed by atoms with van der Waals surface area (Å²) in [6.07, 6.45) is 0.280. The molecule has 0 aliphatic rings. The third-order valence-electron chi connectivity index (χ3n) is 4.66. The number of carbonyl (C=O) groups excluding carboxylic acids is 2. The molecule has 2 amide bonds. The zero-order valence-electron chi connectivity index (χ0n) is 18.8. The van der Waals surface area contributed by atoms with Gasteiger partial charge in [-0.25, -0.2) is 9.07 Å². The number of anilines is 1. The molecule has 3 rings (SSSR count). The third kappa shape index (κ3) is 5.19. The lowest BCUT2D eigenvalue weighted by Crippen LogP contribution is -2.54. The summed E-state index contributed by atoms with van der Waals surface area (Å²) in [5, 5.41) is 14.3. The standard InChI is InChI=1S/C22H27FN6O3/c1-6-16(21(31)24-22(3,4)5)29(17-10-8-7-9-15(17)23)19(30)13-28-20(25-26-27-28)18-12-11-14(2)32-18/h7-12,16H,6,13H2,1-5H3,(H,24,31). The van der Waals surface area contributed by atoms with E-state index in [1.807, 2.05) is 20.8 Å². The fourth-order valence-electron chi connectivity index (χ4n) is 3.31. The molecular formula is C22H27FN6O3. The lowest BCUT2D eigenvalue weighted by molar-refractivity contribution is -0.127. The summed E-state index contributed by atoms with van der Waals surface area (Å²) >= 11 is 0. The van der Waals surface area contributed by atoms with Crippen molar-refractivity contribution in [2.24, 2.45) is 0 Å². The van der Waals surface area contributed by atoms with Crippen LogP contribution in [0.3, 0.4) is 0 Å². The van der Waals surface area contributed by atoms with Crippen LogP contribution in [0.4, 0.5) is 10.1 Å². The SMILES string of the molecule is CCC(C(=O)NC(C)(C)C)N(C(=O)Cn1nnnc1-c1ccc(C)o1)c1ccccc1F. The molecule has 1 aromatic carbocycles. The number of aromatic nitrogens is 4. The molecule has 0 bridgehead atoms. The maximum Gasteiger partial charge on any atom is 0.249 e. The molecule has 32 heavy (non-hydrogen) atoms. The van der Waals surface area contributed by atoms with E-state index in [1.54, 1.807) is 32.0 Å². The van der Waals surface area contributed by atoms with Crippen molar-refractivity contribution < 1.29 is 18.4 Å². The monoisotopic (exact) mass is 442 g/mol. The van der Waals surface area contributed by atoms with E-state index >= 15 is 0 Å². The van der Waals surface area contributed by atoms with Crippen LogP contribution in [0.2, 0.25) is 0 Å². The van der Waals surface area contributed by atoms with E-state index in [1.165, 1.54) is 27.8 Å². The molecule has 0 aliphatic heterocycles. The highest BCUT2D eigenvalue weighted by Gasteiger charge is 2.33. The summed E-state index contributed by atoms with van der Waals surface area (Å²) in [4.78, 5) is 27.7. The first-order valence-corrected chi connectivity index (χ1v) is 10.3. The van der Waals surface area contributed by atoms with E-state index in [-0.39, 0.29) is 30.4 Å². The number of aryl methyl sites for hydroxylation is 1. The first-order valence-electron chi connectivity index (χ1n) is 10.3. The maximum atomic E-state index is 14.7. The Hall–Kier alpha value is -3.56. The summed E-state index contributed by atoms with van der Waals surface area (Å²) in [7, 11) is 0. The van der Waals surface area contributed by atoms with Crippen molar-refractivity contribution in [3.63, 3.8) is 0 Å². The van der Waals surface area contributed by atoms with E-state index in [0.29, 0.717) is 11.5 Å². The number of nitrogens with one attached hydrogen (secondary N) is 1. The van der Waals surface area contributed by atoms with Crippen LogP contribution in [0.1, 0.15) is 39.9 Å². The molecule has 9 nitrogen and oxygen atoms in total. The van der Waals surface area contributed by atoms with Crippen LogP contribution in [0.25, 0.3) is 11.6 Å². The van der Waals surface area contributed by atoms with Crippen molar-refractivity contribution in [3.05, 3.63) is 48.0 Å². The van der Waals surface area contributed by atoms with Gasteiger partial charge in [0, 0.05) is 5.54 Å². The van der Waals surface area contributed by atoms with Gasteiger partial charge in [-0.15, -0.1) is 5.10 Å². The molecule has 3 aromatic rings. The minimum Gasteiger partial charge on any atom is -0.458 e. The molecule has 0 radical (unpaired) electrons. The maximum absolute atomic E-state index is 14.7. The van der Waals surface area contributed by atoms with E-state index < -0.39 is 23.3 Å². The van der Waals surface area contributed by atoms with Gasteiger partial charge >= 0.3 is 0 Å². The van der Waals surface area contributed by atoms with Gasteiger partial charge in [0.25, 0.3) is 0 Å². The minimum atomic E-state index is -0.926. The van der Waals surface area contributed by atoms with Gasteiger partial charge in [0.2, 0.25) is 17.6 Å². The van der Waals surface area contributed by atoms with E-state index in [2.05, 4.69) is 20.8 Å². The van der Waals surface area contributed by atoms with Crippen molar-refractivity contribution in [2.75, 3.05) is 4.90 Å². The second kappa shape index (κ2) is 9.29. The van der Waals surface area contributed by atoms with Gasteiger partial charge in [-0.2, -0.15) is 0 Å². The molecule has 0 spiro atoms. The summed E-state index contributed by atoms with van der Waals surface area (Å²) in [5.74, 6) is -0.208. The molecule has 0 fully saturated rings. The predicted molar refractivity (Wildman–Crippen MR) is 116 cm³/mol. The molecule has 2 aromatic heterocycles. The Bertz CT molecular complexity index is 1100. The highest BCUT2D eigenvalue weighted by Crippen LogP contribution is 2.25. The molecular weight excluding hydrogens is 415 g/mol. The van der Waals surface area contributed by atoms with Crippen molar-refractivity contribution in [1.82, 2.24) is 25.5 Å². The fraction of sp³-hybridized carbons (Fsp3) is 0.409. The zero-order chi connectivity index (χ0) is 23.5. The summed E-state index contributed by atoms with van der Waals surface area (Å²) in [5.41, 5.74) is -0.508. The number of hydrogen-bond acceptors (Lipinski definition) is 6. The van der Waals surface area contributed by atoms with Crippen LogP contribution in [-0.4, -0.2) is 43.6 Å². The van der Waals surface area contributed by atoms with Crippen LogP contribution in [0.5, 0.6) is 0 Å². The average Bonchev–Trinajstić information content (AvgIpc) is 3.33. The molecule has 1 unspecified atom stereocenters. The number of rotatable bonds is 7. The normalized spacial score (nSPS) is 12.4. The van der Waals surface area contributed by atoms with E-state index in [0.717, 1.165) is 0 Å². The Morgan fingerprint density at radius 2 is 1.94 bits per heavy atom. The van der Waals surface area contributed by atoms with Crippen molar-refractivity contribution in [1.29, 1.82) is 0 Å². The predicted octanol–water partition coefficient (Wildman–Crippen LogP) is 3.11. The van der Waals surface area contributed by atoms with Crippen molar-refractivity contribution in [3.8, 4) is 11.6 Å². The fourth-order valence-corrected chi connectivity index (χ4v) is 3.31. The molecule has 1 N–H and O–H groups in total. The second-order valence-electron chi connectivity index (χ2n) is 8.45. The molecule has 0 saturated carbocycles. The number of carbonyl (C=O) groups is 2. The highest BCUT2D eigenvalue weighted by molar-refractivity contribution is 6.01. The Labute approximate surface area is 185 Å². The van der Waals surface area contributed by atoms with Crippen molar-refractivity contribution >= 4 is 17.5 Å². The van der Waals surface area contributed by atoms with Gasteiger partial charge in [0.05, 0.1) is 5.69 Å².